The number of rotatable bonds is 7. The Kier molecular flexibility index (Phi) is 6.86. The van der Waals surface area contributed by atoms with Crippen LogP contribution in [0.1, 0.15) is 30.7 Å². The minimum absolute atomic E-state index is 0.167. The van der Waals surface area contributed by atoms with E-state index in [0.717, 1.165) is 6.07 Å². The molecule has 194 valence electrons. The molecule has 0 aromatic carbocycles. The van der Waals surface area contributed by atoms with Crippen molar-refractivity contribution in [2.24, 2.45) is 11.3 Å². The molecular formula is C22H20F4N8O3. The van der Waals surface area contributed by atoms with Crippen LogP contribution in [0.3, 0.4) is 0 Å². The number of nitrogens with zero attached hydrogens (tertiary/aromatic N) is 4. The molecule has 3 atom stereocenters. The molecule has 2 aromatic rings. The first-order valence-corrected chi connectivity index (χ1v) is 10.8. The van der Waals surface area contributed by atoms with E-state index in [-0.39, 0.29) is 29.2 Å². The molecule has 15 heteroatoms. The lowest BCUT2D eigenvalue weighted by Gasteiger charge is -2.18. The zero-order chi connectivity index (χ0) is 26.9. The number of anilines is 1. The predicted octanol–water partition coefficient (Wildman–Crippen LogP) is 2.56. The van der Waals surface area contributed by atoms with Crippen molar-refractivity contribution in [3.05, 3.63) is 59.4 Å². The number of aromatic nitrogens is 2. The van der Waals surface area contributed by atoms with E-state index in [0.29, 0.717) is 11.9 Å². The van der Waals surface area contributed by atoms with E-state index in [1.807, 2.05) is 0 Å². The summed E-state index contributed by atoms with van der Waals surface area (Å²) in [4.78, 5) is 32.3. The summed E-state index contributed by atoms with van der Waals surface area (Å²) in [6.07, 6.45) is -3.19. The van der Waals surface area contributed by atoms with E-state index in [9.17, 15) is 32.4 Å². The maximum Gasteiger partial charge on any atom is 0.413 e. The van der Waals surface area contributed by atoms with Crippen LogP contribution in [0.15, 0.2) is 36.4 Å². The van der Waals surface area contributed by atoms with Crippen molar-refractivity contribution in [2.45, 2.75) is 25.9 Å². The Balaban J connectivity index is 1.44. The van der Waals surface area contributed by atoms with E-state index in [1.54, 1.807) is 13.1 Å². The van der Waals surface area contributed by atoms with Crippen molar-refractivity contribution in [1.29, 1.82) is 5.26 Å². The molecule has 4 rings (SSSR count). The normalized spacial score (nSPS) is 21.2. The monoisotopic (exact) mass is 520 g/mol. The molecule has 2 aromatic heterocycles. The molecule has 37 heavy (non-hydrogen) atoms. The number of ether oxygens (including phenoxy) is 1. The average molecular weight is 520 g/mol. The predicted molar refractivity (Wildman–Crippen MR) is 118 cm³/mol. The number of halogens is 4. The van der Waals surface area contributed by atoms with Gasteiger partial charge in [-0.1, -0.05) is 0 Å². The van der Waals surface area contributed by atoms with Gasteiger partial charge in [-0.3, -0.25) is 25.5 Å². The van der Waals surface area contributed by atoms with Gasteiger partial charge in [-0.15, -0.1) is 5.53 Å². The minimum Gasteiger partial charge on any atom is -0.441 e. The number of hydrazine groups is 2. The molecule has 4 N–H and O–H groups in total. The maximum absolute atomic E-state index is 13.9. The zero-order valence-corrected chi connectivity index (χ0v) is 19.4. The molecule has 0 unspecified atom stereocenters. The SMILES string of the molecule is C[C@@H](OC(=O)NC1=C(c2ccc(NC(=O)[C@@]3(C#N)C[C@@H]3C(F)F)cn2)NNN1C)c1cc(F)cnc1F. The van der Waals surface area contributed by atoms with Crippen molar-refractivity contribution >= 4 is 23.4 Å². The highest BCUT2D eigenvalue weighted by Crippen LogP contribution is 2.55. The van der Waals surface area contributed by atoms with Gasteiger partial charge in [0.1, 0.15) is 23.0 Å². The van der Waals surface area contributed by atoms with E-state index >= 15 is 0 Å². The van der Waals surface area contributed by atoms with Crippen LogP contribution < -0.4 is 21.6 Å². The van der Waals surface area contributed by atoms with Crippen LogP contribution in [0.25, 0.3) is 5.70 Å². The fourth-order valence-corrected chi connectivity index (χ4v) is 3.72. The summed E-state index contributed by atoms with van der Waals surface area (Å²) >= 11 is 0. The van der Waals surface area contributed by atoms with Gasteiger partial charge in [0.15, 0.2) is 5.82 Å². The third-order valence-corrected chi connectivity index (χ3v) is 5.90. The van der Waals surface area contributed by atoms with E-state index < -0.39 is 47.6 Å². The van der Waals surface area contributed by atoms with E-state index in [4.69, 9.17) is 4.74 Å². The van der Waals surface area contributed by atoms with Crippen LogP contribution >= 0.6 is 0 Å². The summed E-state index contributed by atoms with van der Waals surface area (Å²) in [6.45, 7) is 1.35. The fourth-order valence-electron chi connectivity index (χ4n) is 3.72. The first-order valence-electron chi connectivity index (χ1n) is 10.8. The molecule has 1 aliphatic heterocycles. The van der Waals surface area contributed by atoms with Crippen LogP contribution in [0.2, 0.25) is 0 Å². The number of amides is 2. The number of hydrogen-bond donors (Lipinski definition) is 4. The lowest BCUT2D eigenvalue weighted by molar-refractivity contribution is -0.120. The molecule has 3 heterocycles. The van der Waals surface area contributed by atoms with Crippen molar-refractivity contribution < 1.29 is 31.9 Å². The van der Waals surface area contributed by atoms with Gasteiger partial charge in [0.25, 0.3) is 0 Å². The molecule has 11 nitrogen and oxygen atoms in total. The topological polar surface area (TPSA) is 144 Å². The molecule has 0 bridgehead atoms. The Morgan fingerprint density at radius 2 is 2.03 bits per heavy atom. The number of alkyl halides is 2. The molecule has 0 spiro atoms. The summed E-state index contributed by atoms with van der Waals surface area (Å²) in [6, 6.07) is 5.46. The van der Waals surface area contributed by atoms with Crippen LogP contribution in [0, 0.1) is 34.4 Å². The smallest absolute Gasteiger partial charge is 0.413 e. The molecule has 2 amide bonds. The highest BCUT2D eigenvalue weighted by molar-refractivity contribution is 5.99. The number of carbonyl (C=O) groups excluding carboxylic acids is 2. The highest BCUT2D eigenvalue weighted by atomic mass is 19.3. The van der Waals surface area contributed by atoms with Gasteiger partial charge < -0.3 is 10.1 Å². The van der Waals surface area contributed by atoms with Gasteiger partial charge in [-0.25, -0.2) is 22.9 Å². The van der Waals surface area contributed by atoms with Gasteiger partial charge in [-0.05, 0) is 31.5 Å². The van der Waals surface area contributed by atoms with Crippen LogP contribution in [-0.4, -0.2) is 40.5 Å². The summed E-state index contributed by atoms with van der Waals surface area (Å²) in [5.74, 6) is -3.75. The standard InChI is InChI=1S/C22H20F4N8O3/c1-10(13-5-11(23)7-29-18(13)26)37-21(36)31-19-16(32-33-34(19)2)15-4-3-12(8-28-15)30-20(35)22(9-27)6-14(22)17(24)25/h3-5,7-8,10,14,17,32-33H,6H2,1-2H3,(H,30,35)(H,31,36)/t10-,14-,22-/m1/s1. The van der Waals surface area contributed by atoms with Gasteiger partial charge in [0, 0.05) is 13.0 Å². The van der Waals surface area contributed by atoms with Crippen molar-refractivity contribution in [1.82, 2.24) is 31.3 Å². The molecule has 0 radical (unpaired) electrons. The maximum atomic E-state index is 13.9. The van der Waals surface area contributed by atoms with Gasteiger partial charge in [0.05, 0.1) is 35.4 Å². The third-order valence-electron chi connectivity index (χ3n) is 5.90. The number of nitrogens with one attached hydrogen (secondary N) is 4. The molecule has 2 aliphatic rings. The summed E-state index contributed by atoms with van der Waals surface area (Å²) in [5.41, 5.74) is 4.26. The largest absolute Gasteiger partial charge is 0.441 e. The lowest BCUT2D eigenvalue weighted by atomic mass is 10.1. The number of nitriles is 1. The lowest BCUT2D eigenvalue weighted by Crippen LogP contribution is -2.39. The van der Waals surface area contributed by atoms with E-state index in [1.165, 1.54) is 30.3 Å². The number of hydrogen-bond acceptors (Lipinski definition) is 9. The first kappa shape index (κ1) is 25.6. The Bertz CT molecular complexity index is 1300. The zero-order valence-electron chi connectivity index (χ0n) is 19.4. The number of carbonyl (C=O) groups is 2. The quantitative estimate of drug-likeness (QED) is 0.320. The van der Waals surface area contributed by atoms with E-state index in [2.05, 4.69) is 31.6 Å². The Morgan fingerprint density at radius 1 is 1.27 bits per heavy atom. The Morgan fingerprint density at radius 3 is 2.65 bits per heavy atom. The van der Waals surface area contributed by atoms with Crippen LogP contribution in [-0.2, 0) is 9.53 Å². The van der Waals surface area contributed by atoms with Crippen LogP contribution in [0.4, 0.5) is 28.0 Å². The minimum atomic E-state index is -2.78. The fraction of sp³-hybridized carbons (Fsp3) is 0.318. The molecule has 1 fully saturated rings. The van der Waals surface area contributed by atoms with Gasteiger partial charge in [0.2, 0.25) is 18.3 Å². The van der Waals surface area contributed by atoms with Crippen molar-refractivity contribution in [3.8, 4) is 6.07 Å². The average Bonchev–Trinajstić information content (AvgIpc) is 3.53. The van der Waals surface area contributed by atoms with Crippen molar-refractivity contribution in [3.63, 3.8) is 0 Å². The van der Waals surface area contributed by atoms with Crippen LogP contribution in [0.5, 0.6) is 0 Å². The van der Waals surface area contributed by atoms with Gasteiger partial charge >= 0.3 is 6.09 Å². The summed E-state index contributed by atoms with van der Waals surface area (Å²) in [7, 11) is 1.56. The second-order valence-corrected chi connectivity index (χ2v) is 8.34. The Hall–Kier alpha value is -4.45. The molecule has 1 aliphatic carbocycles. The summed E-state index contributed by atoms with van der Waals surface area (Å²) < 4.78 is 58.3. The molecule has 0 saturated heterocycles. The molecule has 1 saturated carbocycles. The number of pyridine rings is 2. The second-order valence-electron chi connectivity index (χ2n) is 8.34. The Labute approximate surface area is 207 Å². The molecular weight excluding hydrogens is 500 g/mol. The number of alkyl carbamates (subject to hydrolysis) is 1. The van der Waals surface area contributed by atoms with Crippen molar-refractivity contribution in [2.75, 3.05) is 12.4 Å². The highest BCUT2D eigenvalue weighted by Gasteiger charge is 2.65. The van der Waals surface area contributed by atoms with Gasteiger partial charge in [-0.2, -0.15) is 9.65 Å². The second kappa shape index (κ2) is 9.90. The first-order chi connectivity index (χ1) is 17.6. The third kappa shape index (κ3) is 5.09. The summed E-state index contributed by atoms with van der Waals surface area (Å²) in [5, 5.41) is 15.5.